The molecule has 2 aromatic carbocycles. The molecule has 0 spiro atoms. The number of halogens is 1. The standard InChI is InChI=1S/C22H18FN5/c1-13-5-4-6-16(11-13)20-25-22-19-14(2)15(3)28(18-9-7-17(23)8-10-18)21(19)24-12-27(22)26-20/h4-12H,1-3H3. The molecule has 0 aliphatic carbocycles. The Hall–Kier alpha value is -3.54. The molecule has 28 heavy (non-hydrogen) atoms. The summed E-state index contributed by atoms with van der Waals surface area (Å²) < 4.78 is 17.1. The van der Waals surface area contributed by atoms with Gasteiger partial charge in [-0.2, -0.15) is 0 Å². The van der Waals surface area contributed by atoms with Crippen molar-refractivity contribution in [3.05, 3.63) is 77.5 Å². The highest BCUT2D eigenvalue weighted by Gasteiger charge is 2.19. The van der Waals surface area contributed by atoms with Crippen LogP contribution in [0.1, 0.15) is 16.8 Å². The first-order chi connectivity index (χ1) is 13.5. The molecule has 0 atom stereocenters. The maximum absolute atomic E-state index is 13.4. The molecule has 0 fully saturated rings. The van der Waals surface area contributed by atoms with E-state index in [0.717, 1.165) is 44.8 Å². The highest BCUT2D eigenvalue weighted by atomic mass is 19.1. The van der Waals surface area contributed by atoms with E-state index in [2.05, 4.69) is 36.1 Å². The van der Waals surface area contributed by atoms with Crippen LogP contribution in [0.5, 0.6) is 0 Å². The number of aromatic nitrogens is 5. The Morgan fingerprint density at radius 2 is 1.71 bits per heavy atom. The Morgan fingerprint density at radius 3 is 2.46 bits per heavy atom. The van der Waals surface area contributed by atoms with E-state index in [4.69, 9.17) is 4.98 Å². The SMILES string of the molecule is Cc1cccc(-c2nc3c4c(C)c(C)n(-c5ccc(F)cc5)c4ncn3n2)c1. The van der Waals surface area contributed by atoms with E-state index in [1.54, 1.807) is 23.0 Å². The van der Waals surface area contributed by atoms with E-state index in [9.17, 15) is 4.39 Å². The maximum atomic E-state index is 13.4. The van der Waals surface area contributed by atoms with Gasteiger partial charge in [0, 0.05) is 16.9 Å². The monoisotopic (exact) mass is 371 g/mol. The van der Waals surface area contributed by atoms with Crippen LogP contribution in [0.3, 0.4) is 0 Å². The Morgan fingerprint density at radius 1 is 0.929 bits per heavy atom. The van der Waals surface area contributed by atoms with Crippen molar-refractivity contribution >= 4 is 16.7 Å². The number of hydrogen-bond donors (Lipinski definition) is 0. The van der Waals surface area contributed by atoms with E-state index in [1.165, 1.54) is 12.1 Å². The first-order valence-corrected chi connectivity index (χ1v) is 9.09. The van der Waals surface area contributed by atoms with Crippen molar-refractivity contribution in [2.45, 2.75) is 20.8 Å². The second kappa shape index (κ2) is 5.99. The summed E-state index contributed by atoms with van der Waals surface area (Å²) in [5.74, 6) is 0.412. The molecule has 3 aromatic heterocycles. The lowest BCUT2D eigenvalue weighted by Gasteiger charge is -2.07. The second-order valence-electron chi connectivity index (χ2n) is 7.04. The van der Waals surface area contributed by atoms with Gasteiger partial charge in [-0.1, -0.05) is 23.8 Å². The third-order valence-corrected chi connectivity index (χ3v) is 5.19. The predicted octanol–water partition coefficient (Wildman–Crippen LogP) is 4.80. The first kappa shape index (κ1) is 16.6. The lowest BCUT2D eigenvalue weighted by atomic mass is 10.1. The Bertz CT molecular complexity index is 1350. The fourth-order valence-corrected chi connectivity index (χ4v) is 3.67. The fraction of sp³-hybridized carbons (Fsp3) is 0.136. The fourth-order valence-electron chi connectivity index (χ4n) is 3.67. The van der Waals surface area contributed by atoms with Gasteiger partial charge in [-0.3, -0.25) is 4.57 Å². The van der Waals surface area contributed by atoms with Crippen molar-refractivity contribution in [3.8, 4) is 17.1 Å². The van der Waals surface area contributed by atoms with E-state index < -0.39 is 0 Å². The Kier molecular flexibility index (Phi) is 3.55. The molecular formula is C22H18FN5. The van der Waals surface area contributed by atoms with Crippen molar-refractivity contribution in [3.63, 3.8) is 0 Å². The predicted molar refractivity (Wildman–Crippen MR) is 107 cm³/mol. The third-order valence-electron chi connectivity index (χ3n) is 5.19. The number of rotatable bonds is 2. The van der Waals surface area contributed by atoms with Gasteiger partial charge in [0.1, 0.15) is 12.1 Å². The van der Waals surface area contributed by atoms with E-state index in [0.29, 0.717) is 5.82 Å². The van der Waals surface area contributed by atoms with Gasteiger partial charge >= 0.3 is 0 Å². The summed E-state index contributed by atoms with van der Waals surface area (Å²) in [6.07, 6.45) is 1.68. The minimum absolute atomic E-state index is 0.259. The van der Waals surface area contributed by atoms with Gasteiger partial charge in [-0.05, 0) is 56.7 Å². The number of nitrogens with zero attached hydrogens (tertiary/aromatic N) is 5. The average Bonchev–Trinajstić information content (AvgIpc) is 3.22. The normalized spacial score (nSPS) is 11.6. The quantitative estimate of drug-likeness (QED) is 0.448. The van der Waals surface area contributed by atoms with Crippen LogP contribution in [0.2, 0.25) is 0 Å². The third kappa shape index (κ3) is 2.41. The topological polar surface area (TPSA) is 48.0 Å². The van der Waals surface area contributed by atoms with Crippen LogP contribution < -0.4 is 0 Å². The Balaban J connectivity index is 1.79. The zero-order chi connectivity index (χ0) is 19.4. The van der Waals surface area contributed by atoms with Gasteiger partial charge in [-0.15, -0.1) is 5.10 Å². The summed E-state index contributed by atoms with van der Waals surface area (Å²) in [6, 6.07) is 14.6. The van der Waals surface area contributed by atoms with Crippen LogP contribution in [0.4, 0.5) is 4.39 Å². The highest BCUT2D eigenvalue weighted by molar-refractivity contribution is 5.95. The van der Waals surface area contributed by atoms with Gasteiger partial charge in [0.2, 0.25) is 0 Å². The number of fused-ring (bicyclic) bond motifs is 3. The van der Waals surface area contributed by atoms with Crippen molar-refractivity contribution in [1.29, 1.82) is 0 Å². The van der Waals surface area contributed by atoms with Gasteiger partial charge < -0.3 is 0 Å². The minimum Gasteiger partial charge on any atom is -0.298 e. The molecule has 0 radical (unpaired) electrons. The zero-order valence-electron chi connectivity index (χ0n) is 15.8. The largest absolute Gasteiger partial charge is 0.298 e. The molecule has 0 unspecified atom stereocenters. The molecule has 138 valence electrons. The van der Waals surface area contributed by atoms with Crippen LogP contribution in [-0.4, -0.2) is 24.1 Å². The van der Waals surface area contributed by atoms with Gasteiger partial charge in [0.25, 0.3) is 0 Å². The number of benzene rings is 2. The summed E-state index contributed by atoms with van der Waals surface area (Å²) >= 11 is 0. The maximum Gasteiger partial charge on any atom is 0.182 e. The molecule has 6 heteroatoms. The van der Waals surface area contributed by atoms with Gasteiger partial charge in [-0.25, -0.2) is 18.9 Å². The Labute approximate surface area is 161 Å². The molecule has 5 rings (SSSR count). The van der Waals surface area contributed by atoms with Crippen LogP contribution in [0.15, 0.2) is 54.9 Å². The average molecular weight is 371 g/mol. The molecule has 0 saturated heterocycles. The minimum atomic E-state index is -0.259. The molecule has 5 nitrogen and oxygen atoms in total. The van der Waals surface area contributed by atoms with Crippen molar-refractivity contribution in [2.75, 3.05) is 0 Å². The van der Waals surface area contributed by atoms with E-state index in [1.807, 2.05) is 23.6 Å². The molecule has 0 saturated carbocycles. The molecular weight excluding hydrogens is 353 g/mol. The summed E-state index contributed by atoms with van der Waals surface area (Å²) in [7, 11) is 0. The van der Waals surface area contributed by atoms with Gasteiger partial charge in [0.05, 0.1) is 5.39 Å². The first-order valence-electron chi connectivity index (χ1n) is 9.09. The number of hydrogen-bond acceptors (Lipinski definition) is 3. The van der Waals surface area contributed by atoms with Crippen LogP contribution in [0.25, 0.3) is 33.8 Å². The zero-order valence-corrected chi connectivity index (χ0v) is 15.8. The lowest BCUT2D eigenvalue weighted by Crippen LogP contribution is -1.99. The van der Waals surface area contributed by atoms with E-state index in [-0.39, 0.29) is 5.82 Å². The second-order valence-corrected chi connectivity index (χ2v) is 7.04. The molecule has 0 aliphatic rings. The summed E-state index contributed by atoms with van der Waals surface area (Å²) in [5.41, 5.74) is 6.69. The van der Waals surface area contributed by atoms with Crippen LogP contribution in [-0.2, 0) is 0 Å². The molecule has 0 N–H and O–H groups in total. The lowest BCUT2D eigenvalue weighted by molar-refractivity contribution is 0.627. The molecule has 0 amide bonds. The van der Waals surface area contributed by atoms with Crippen LogP contribution >= 0.6 is 0 Å². The highest BCUT2D eigenvalue weighted by Crippen LogP contribution is 2.30. The summed E-state index contributed by atoms with van der Waals surface area (Å²) in [5, 5.41) is 5.58. The van der Waals surface area contributed by atoms with Crippen LogP contribution in [0, 0.1) is 26.6 Å². The van der Waals surface area contributed by atoms with Crippen molar-refractivity contribution in [1.82, 2.24) is 24.1 Å². The molecule has 5 aromatic rings. The van der Waals surface area contributed by atoms with Crippen molar-refractivity contribution in [2.24, 2.45) is 0 Å². The van der Waals surface area contributed by atoms with E-state index >= 15 is 0 Å². The summed E-state index contributed by atoms with van der Waals surface area (Å²) in [4.78, 5) is 9.46. The summed E-state index contributed by atoms with van der Waals surface area (Å²) in [6.45, 7) is 6.14. The molecule has 3 heterocycles. The molecule has 0 aliphatic heterocycles. The molecule has 0 bridgehead atoms. The smallest absolute Gasteiger partial charge is 0.182 e. The van der Waals surface area contributed by atoms with Crippen molar-refractivity contribution < 1.29 is 4.39 Å². The van der Waals surface area contributed by atoms with Gasteiger partial charge in [0.15, 0.2) is 17.1 Å². The number of aryl methyl sites for hydroxylation is 2.